The van der Waals surface area contributed by atoms with Crippen molar-refractivity contribution in [1.82, 2.24) is 5.32 Å². The lowest BCUT2D eigenvalue weighted by Gasteiger charge is -2.05. The molecule has 0 fully saturated rings. The molecule has 0 aliphatic rings. The first kappa shape index (κ1) is 9.72. The Labute approximate surface area is 65.4 Å². The second-order valence-electron chi connectivity index (χ2n) is 2.13. The van der Waals surface area contributed by atoms with Crippen LogP contribution in [0, 0.1) is 5.92 Å². The van der Waals surface area contributed by atoms with Crippen LogP contribution in [0.15, 0.2) is 0 Å². The average Bonchev–Trinajstić information content (AvgIpc) is 1.88. The number of hydrogen-bond donors (Lipinski definition) is 2. The Morgan fingerprint density at radius 2 is 2.40 bits per heavy atom. The fourth-order valence-corrected chi connectivity index (χ4v) is 0.606. The first-order chi connectivity index (χ1) is 4.68. The monoisotopic (exact) mass is 165 g/mol. The Balaban J connectivity index is 3.21. The van der Waals surface area contributed by atoms with Crippen molar-refractivity contribution in [2.24, 2.45) is 5.92 Å². The Bertz CT molecular complexity index is 108. The van der Waals surface area contributed by atoms with Crippen molar-refractivity contribution in [1.29, 1.82) is 0 Å². The van der Waals surface area contributed by atoms with E-state index in [0.29, 0.717) is 19.0 Å². The molecule has 3 nitrogen and oxygen atoms in total. The molecular weight excluding hydrogens is 154 g/mol. The smallest absolute Gasteiger partial charge is 0.307 e. The van der Waals surface area contributed by atoms with Crippen LogP contribution in [0.4, 0.5) is 0 Å². The van der Waals surface area contributed by atoms with E-state index in [2.05, 4.69) is 5.32 Å². The van der Waals surface area contributed by atoms with Crippen molar-refractivity contribution in [3.05, 3.63) is 0 Å². The Morgan fingerprint density at radius 1 is 1.80 bits per heavy atom. The van der Waals surface area contributed by atoms with Gasteiger partial charge in [-0.15, -0.1) is 11.6 Å². The van der Waals surface area contributed by atoms with Gasteiger partial charge in [-0.1, -0.05) is 6.92 Å². The molecular formula is C6H12ClNO2. The van der Waals surface area contributed by atoms with Crippen LogP contribution in [0.5, 0.6) is 0 Å². The molecule has 60 valence electrons. The van der Waals surface area contributed by atoms with Crippen molar-refractivity contribution in [2.75, 3.05) is 19.0 Å². The van der Waals surface area contributed by atoms with Crippen LogP contribution in [-0.4, -0.2) is 30.0 Å². The zero-order valence-electron chi connectivity index (χ0n) is 5.93. The normalized spacial score (nSPS) is 13.0. The molecule has 0 heterocycles. The molecule has 0 amide bonds. The SMILES string of the molecule is CC(CNCCCl)C(=O)O. The zero-order valence-corrected chi connectivity index (χ0v) is 6.69. The number of alkyl halides is 1. The maximum atomic E-state index is 10.2. The zero-order chi connectivity index (χ0) is 7.98. The molecule has 4 heteroatoms. The third kappa shape index (κ3) is 4.58. The highest BCUT2D eigenvalue weighted by molar-refractivity contribution is 6.18. The van der Waals surface area contributed by atoms with E-state index in [0.717, 1.165) is 0 Å². The number of carbonyl (C=O) groups is 1. The molecule has 0 aromatic carbocycles. The van der Waals surface area contributed by atoms with Crippen LogP contribution >= 0.6 is 11.6 Å². The summed E-state index contributed by atoms with van der Waals surface area (Å²) in [6.07, 6.45) is 0. The fourth-order valence-electron chi connectivity index (χ4n) is 0.473. The minimum atomic E-state index is -0.776. The molecule has 0 radical (unpaired) electrons. The summed E-state index contributed by atoms with van der Waals surface area (Å²) in [5.74, 6) is -0.586. The number of halogens is 1. The van der Waals surface area contributed by atoms with Crippen molar-refractivity contribution < 1.29 is 9.90 Å². The predicted octanol–water partition coefficient (Wildman–Crippen LogP) is 0.535. The van der Waals surface area contributed by atoms with Gasteiger partial charge in [-0.05, 0) is 0 Å². The van der Waals surface area contributed by atoms with Gasteiger partial charge in [0.05, 0.1) is 5.92 Å². The first-order valence-corrected chi connectivity index (χ1v) is 3.71. The average molecular weight is 166 g/mol. The van der Waals surface area contributed by atoms with E-state index in [4.69, 9.17) is 16.7 Å². The molecule has 0 rings (SSSR count). The van der Waals surface area contributed by atoms with Gasteiger partial charge >= 0.3 is 5.97 Å². The quantitative estimate of drug-likeness (QED) is 0.462. The number of nitrogens with one attached hydrogen (secondary N) is 1. The summed E-state index contributed by atoms with van der Waals surface area (Å²) in [6, 6.07) is 0. The van der Waals surface area contributed by atoms with Crippen LogP contribution in [0.1, 0.15) is 6.92 Å². The van der Waals surface area contributed by atoms with E-state index in [1.165, 1.54) is 0 Å². The third-order valence-corrected chi connectivity index (χ3v) is 1.33. The van der Waals surface area contributed by atoms with Gasteiger partial charge in [-0.2, -0.15) is 0 Å². The molecule has 10 heavy (non-hydrogen) atoms. The van der Waals surface area contributed by atoms with Crippen LogP contribution in [0.2, 0.25) is 0 Å². The summed E-state index contributed by atoms with van der Waals surface area (Å²) in [6.45, 7) is 2.81. The molecule has 0 saturated carbocycles. The van der Waals surface area contributed by atoms with E-state index < -0.39 is 5.97 Å². The second-order valence-corrected chi connectivity index (χ2v) is 2.51. The fraction of sp³-hybridized carbons (Fsp3) is 0.833. The molecule has 1 unspecified atom stereocenters. The van der Waals surface area contributed by atoms with Gasteiger partial charge < -0.3 is 10.4 Å². The van der Waals surface area contributed by atoms with E-state index in [1.807, 2.05) is 0 Å². The van der Waals surface area contributed by atoms with Gasteiger partial charge in [0.25, 0.3) is 0 Å². The van der Waals surface area contributed by atoms with Crippen molar-refractivity contribution in [3.63, 3.8) is 0 Å². The predicted molar refractivity (Wildman–Crippen MR) is 40.4 cm³/mol. The lowest BCUT2D eigenvalue weighted by Crippen LogP contribution is -2.27. The van der Waals surface area contributed by atoms with Crippen molar-refractivity contribution in [3.8, 4) is 0 Å². The Hall–Kier alpha value is -0.280. The lowest BCUT2D eigenvalue weighted by molar-refractivity contribution is -0.140. The minimum Gasteiger partial charge on any atom is -0.481 e. The molecule has 0 saturated heterocycles. The Kier molecular flexibility index (Phi) is 5.35. The van der Waals surface area contributed by atoms with Crippen molar-refractivity contribution >= 4 is 17.6 Å². The standard InChI is InChI=1S/C6H12ClNO2/c1-5(6(9)10)4-8-3-2-7/h5,8H,2-4H2,1H3,(H,9,10). The lowest BCUT2D eigenvalue weighted by atomic mass is 10.2. The topological polar surface area (TPSA) is 49.3 Å². The third-order valence-electron chi connectivity index (χ3n) is 1.14. The highest BCUT2D eigenvalue weighted by Gasteiger charge is 2.08. The molecule has 2 N–H and O–H groups in total. The minimum absolute atomic E-state index is 0.330. The van der Waals surface area contributed by atoms with E-state index in [9.17, 15) is 4.79 Å². The summed E-state index contributed by atoms with van der Waals surface area (Å²) >= 11 is 5.35. The van der Waals surface area contributed by atoms with Gasteiger partial charge in [0.15, 0.2) is 0 Å². The molecule has 0 aromatic heterocycles. The molecule has 0 aliphatic carbocycles. The molecule has 0 aromatic rings. The van der Waals surface area contributed by atoms with Gasteiger partial charge in [0.1, 0.15) is 0 Å². The highest BCUT2D eigenvalue weighted by atomic mass is 35.5. The molecule has 0 aliphatic heterocycles. The molecule has 0 bridgehead atoms. The Morgan fingerprint density at radius 3 is 2.80 bits per heavy atom. The summed E-state index contributed by atoms with van der Waals surface area (Å²) in [5.41, 5.74) is 0. The molecule has 1 atom stereocenters. The van der Waals surface area contributed by atoms with Gasteiger partial charge in [-0.25, -0.2) is 0 Å². The van der Waals surface area contributed by atoms with Crippen LogP contribution in [-0.2, 0) is 4.79 Å². The van der Waals surface area contributed by atoms with Gasteiger partial charge in [0, 0.05) is 19.0 Å². The van der Waals surface area contributed by atoms with Gasteiger partial charge in [0.2, 0.25) is 0 Å². The van der Waals surface area contributed by atoms with Crippen LogP contribution in [0.3, 0.4) is 0 Å². The number of rotatable bonds is 5. The summed E-state index contributed by atoms with van der Waals surface area (Å²) < 4.78 is 0. The maximum Gasteiger partial charge on any atom is 0.307 e. The number of hydrogen-bond acceptors (Lipinski definition) is 2. The first-order valence-electron chi connectivity index (χ1n) is 3.18. The van der Waals surface area contributed by atoms with E-state index >= 15 is 0 Å². The summed E-state index contributed by atoms with van der Waals surface area (Å²) in [4.78, 5) is 10.2. The number of aliphatic carboxylic acids is 1. The largest absolute Gasteiger partial charge is 0.481 e. The number of carboxylic acid groups (broad SMARTS) is 1. The van der Waals surface area contributed by atoms with Crippen molar-refractivity contribution in [2.45, 2.75) is 6.92 Å². The van der Waals surface area contributed by atoms with E-state index in [1.54, 1.807) is 6.92 Å². The maximum absolute atomic E-state index is 10.2. The van der Waals surface area contributed by atoms with Gasteiger partial charge in [-0.3, -0.25) is 4.79 Å². The number of carboxylic acids is 1. The van der Waals surface area contributed by atoms with Crippen LogP contribution in [0.25, 0.3) is 0 Å². The summed E-state index contributed by atoms with van der Waals surface area (Å²) in [7, 11) is 0. The van der Waals surface area contributed by atoms with E-state index in [-0.39, 0.29) is 5.92 Å². The second kappa shape index (κ2) is 5.50. The van der Waals surface area contributed by atoms with Crippen LogP contribution < -0.4 is 5.32 Å². The molecule has 0 spiro atoms. The summed E-state index contributed by atoms with van der Waals surface area (Å²) in [5, 5.41) is 11.3. The highest BCUT2D eigenvalue weighted by Crippen LogP contribution is 1.90.